The van der Waals surface area contributed by atoms with Crippen LogP contribution < -0.4 is 17.3 Å². The standard InChI is InChI=1S/C6H10N2.ClH/c1-3-8-5-4-7-6(8)2;/h3H,1,4-5H2,2H3;1H. The second kappa shape index (κ2) is 3.64. The van der Waals surface area contributed by atoms with E-state index in [1.807, 2.05) is 13.1 Å². The molecule has 1 aliphatic heterocycles. The van der Waals surface area contributed by atoms with Gasteiger partial charge in [0.1, 0.15) is 6.54 Å². The summed E-state index contributed by atoms with van der Waals surface area (Å²) in [4.78, 5) is 5.51. The van der Waals surface area contributed by atoms with E-state index in [4.69, 9.17) is 0 Å². The zero-order valence-electron chi connectivity index (χ0n) is 5.52. The number of hydrogen-bond donors (Lipinski definition) is 1. The van der Waals surface area contributed by atoms with Crippen LogP contribution in [-0.4, -0.2) is 18.9 Å². The zero-order chi connectivity index (χ0) is 5.98. The van der Waals surface area contributed by atoms with Gasteiger partial charge in [-0.3, -0.25) is 4.90 Å². The molecule has 0 aliphatic carbocycles. The Hall–Kier alpha value is -0.340. The summed E-state index contributed by atoms with van der Waals surface area (Å²) in [6.07, 6.45) is 1.89. The van der Waals surface area contributed by atoms with Gasteiger partial charge in [-0.05, 0) is 6.58 Å². The highest BCUT2D eigenvalue weighted by Gasteiger charge is 2.13. The number of hydrogen-bond acceptors (Lipinski definition) is 1. The highest BCUT2D eigenvalue weighted by Crippen LogP contribution is 1.75. The third-order valence-corrected chi connectivity index (χ3v) is 1.44. The van der Waals surface area contributed by atoms with Gasteiger partial charge in [-0.25, -0.2) is 4.99 Å². The molecule has 0 amide bonds. The summed E-state index contributed by atoms with van der Waals surface area (Å²) in [6, 6.07) is 0. The van der Waals surface area contributed by atoms with E-state index in [0.717, 1.165) is 13.1 Å². The lowest BCUT2D eigenvalue weighted by molar-refractivity contribution is -0.738. The summed E-state index contributed by atoms with van der Waals surface area (Å²) in [5, 5.41) is 0. The second-order valence-electron chi connectivity index (χ2n) is 1.95. The lowest BCUT2D eigenvalue weighted by Crippen LogP contribution is -3.08. The molecule has 1 unspecified atom stereocenters. The van der Waals surface area contributed by atoms with Crippen molar-refractivity contribution in [3.63, 3.8) is 0 Å². The normalized spacial score (nSPS) is 24.6. The molecule has 3 heteroatoms. The lowest BCUT2D eigenvalue weighted by Gasteiger charge is -2.01. The first-order valence-corrected chi connectivity index (χ1v) is 2.84. The van der Waals surface area contributed by atoms with Crippen LogP contribution in [-0.2, 0) is 0 Å². The molecule has 1 heterocycles. The van der Waals surface area contributed by atoms with Crippen molar-refractivity contribution >= 4 is 5.84 Å². The molecule has 52 valence electrons. The van der Waals surface area contributed by atoms with Crippen molar-refractivity contribution in [2.75, 3.05) is 13.1 Å². The molecular formula is C6H11ClN2. The van der Waals surface area contributed by atoms with Gasteiger partial charge >= 0.3 is 0 Å². The molecule has 0 spiro atoms. The van der Waals surface area contributed by atoms with E-state index < -0.39 is 0 Å². The molecule has 1 N–H and O–H groups in total. The maximum absolute atomic E-state index is 4.20. The molecule has 1 rings (SSSR count). The van der Waals surface area contributed by atoms with Gasteiger partial charge in [0.15, 0.2) is 5.84 Å². The topological polar surface area (TPSA) is 16.8 Å². The number of amidine groups is 1. The van der Waals surface area contributed by atoms with Crippen molar-refractivity contribution in [2.24, 2.45) is 4.99 Å². The van der Waals surface area contributed by atoms with Gasteiger partial charge in [0, 0.05) is 6.92 Å². The average Bonchev–Trinajstić information content (AvgIpc) is 2.14. The average molecular weight is 147 g/mol. The molecule has 0 saturated carbocycles. The number of quaternary nitrogens is 1. The van der Waals surface area contributed by atoms with Crippen LogP contribution in [0.1, 0.15) is 6.92 Å². The van der Waals surface area contributed by atoms with E-state index in [1.54, 1.807) is 0 Å². The van der Waals surface area contributed by atoms with E-state index in [2.05, 4.69) is 11.6 Å². The van der Waals surface area contributed by atoms with Crippen LogP contribution >= 0.6 is 0 Å². The van der Waals surface area contributed by atoms with Crippen molar-refractivity contribution in [2.45, 2.75) is 6.92 Å². The zero-order valence-corrected chi connectivity index (χ0v) is 6.28. The minimum atomic E-state index is 0. The van der Waals surface area contributed by atoms with Gasteiger partial charge in [0.05, 0.1) is 12.7 Å². The molecule has 0 saturated heterocycles. The minimum Gasteiger partial charge on any atom is -1.00 e. The lowest BCUT2D eigenvalue weighted by atomic mass is 10.5. The molecule has 9 heavy (non-hydrogen) atoms. The number of rotatable bonds is 1. The number of aliphatic imine (C=N–C) groups is 1. The van der Waals surface area contributed by atoms with Gasteiger partial charge in [-0.15, -0.1) is 0 Å². The molecule has 0 aromatic rings. The fourth-order valence-electron chi connectivity index (χ4n) is 0.876. The Morgan fingerprint density at radius 3 is 2.67 bits per heavy atom. The van der Waals surface area contributed by atoms with E-state index in [-0.39, 0.29) is 12.4 Å². The van der Waals surface area contributed by atoms with Crippen LogP contribution in [0.5, 0.6) is 0 Å². The predicted molar refractivity (Wildman–Crippen MR) is 34.0 cm³/mol. The smallest absolute Gasteiger partial charge is 0.198 e. The quantitative estimate of drug-likeness (QED) is 0.395. The maximum Gasteiger partial charge on any atom is 0.198 e. The Bertz CT molecular complexity index is 131. The van der Waals surface area contributed by atoms with Crippen LogP contribution in [0.3, 0.4) is 0 Å². The largest absolute Gasteiger partial charge is 1.00 e. The van der Waals surface area contributed by atoms with Crippen LogP contribution in [0.4, 0.5) is 0 Å². The Kier molecular flexibility index (Phi) is 3.50. The molecule has 0 fully saturated rings. The van der Waals surface area contributed by atoms with Gasteiger partial charge in [0.2, 0.25) is 0 Å². The first-order chi connectivity index (χ1) is 3.84. The van der Waals surface area contributed by atoms with Crippen LogP contribution in [0.15, 0.2) is 17.8 Å². The van der Waals surface area contributed by atoms with Crippen molar-refractivity contribution < 1.29 is 17.3 Å². The third kappa shape index (κ3) is 1.80. The molecule has 0 aromatic carbocycles. The molecule has 1 aliphatic rings. The Morgan fingerprint density at radius 1 is 1.78 bits per heavy atom. The Morgan fingerprint density at radius 2 is 2.44 bits per heavy atom. The van der Waals surface area contributed by atoms with Gasteiger partial charge in [0.25, 0.3) is 0 Å². The van der Waals surface area contributed by atoms with Crippen molar-refractivity contribution in [3.8, 4) is 0 Å². The Labute approximate surface area is 61.7 Å². The minimum absolute atomic E-state index is 0. The van der Waals surface area contributed by atoms with Crippen LogP contribution in [0.25, 0.3) is 0 Å². The molecule has 2 nitrogen and oxygen atoms in total. The summed E-state index contributed by atoms with van der Waals surface area (Å²) < 4.78 is 0. The first kappa shape index (κ1) is 8.66. The first-order valence-electron chi connectivity index (χ1n) is 2.84. The summed E-state index contributed by atoms with van der Waals surface area (Å²) >= 11 is 0. The van der Waals surface area contributed by atoms with Crippen molar-refractivity contribution in [1.82, 2.24) is 0 Å². The fraction of sp³-hybridized carbons (Fsp3) is 0.500. The van der Waals surface area contributed by atoms with Gasteiger partial charge < -0.3 is 12.4 Å². The van der Waals surface area contributed by atoms with Crippen LogP contribution in [0.2, 0.25) is 0 Å². The fourth-order valence-corrected chi connectivity index (χ4v) is 0.876. The van der Waals surface area contributed by atoms with Crippen molar-refractivity contribution in [1.29, 1.82) is 0 Å². The Balaban J connectivity index is 0.000000640. The summed E-state index contributed by atoms with van der Waals surface area (Å²) in [7, 11) is 0. The summed E-state index contributed by atoms with van der Waals surface area (Å²) in [6.45, 7) is 7.77. The van der Waals surface area contributed by atoms with E-state index in [0.29, 0.717) is 0 Å². The summed E-state index contributed by atoms with van der Waals surface area (Å²) in [5.41, 5.74) is 0. The molecule has 0 radical (unpaired) electrons. The molecule has 0 bridgehead atoms. The highest BCUT2D eigenvalue weighted by molar-refractivity contribution is 5.71. The second-order valence-corrected chi connectivity index (χ2v) is 1.95. The monoisotopic (exact) mass is 146 g/mol. The maximum atomic E-state index is 4.20. The number of nitrogens with one attached hydrogen (secondary N) is 1. The SMILES string of the molecule is C=C[NH+]1CCN=C1C.[Cl-]. The van der Waals surface area contributed by atoms with Gasteiger partial charge in [-0.1, -0.05) is 0 Å². The molecule has 1 atom stereocenters. The van der Waals surface area contributed by atoms with E-state index >= 15 is 0 Å². The van der Waals surface area contributed by atoms with E-state index in [9.17, 15) is 0 Å². The number of nitrogens with zero attached hydrogens (tertiary/aromatic N) is 1. The van der Waals surface area contributed by atoms with Crippen molar-refractivity contribution in [3.05, 3.63) is 12.8 Å². The van der Waals surface area contributed by atoms with Gasteiger partial charge in [-0.2, -0.15) is 0 Å². The van der Waals surface area contributed by atoms with Crippen LogP contribution in [0, 0.1) is 0 Å². The third-order valence-electron chi connectivity index (χ3n) is 1.44. The summed E-state index contributed by atoms with van der Waals surface area (Å²) in [5.74, 6) is 1.17. The number of halogens is 1. The predicted octanol–water partition coefficient (Wildman–Crippen LogP) is -3.55. The molecular weight excluding hydrogens is 136 g/mol. The molecule has 0 aromatic heterocycles. The highest BCUT2D eigenvalue weighted by atomic mass is 35.5. The van der Waals surface area contributed by atoms with E-state index in [1.165, 1.54) is 10.7 Å².